The number of amides is 3. The van der Waals surface area contributed by atoms with Crippen molar-refractivity contribution in [2.75, 3.05) is 29.9 Å². The van der Waals surface area contributed by atoms with Crippen LogP contribution in [-0.2, 0) is 19.4 Å². The molecular weight excluding hydrogens is 551 g/mol. The van der Waals surface area contributed by atoms with E-state index < -0.39 is 52.9 Å². The predicted octanol–water partition coefficient (Wildman–Crippen LogP) is 5.48. The molecule has 40 heavy (non-hydrogen) atoms. The van der Waals surface area contributed by atoms with Crippen LogP contribution in [0.2, 0.25) is 0 Å². The van der Waals surface area contributed by atoms with Gasteiger partial charge in [-0.2, -0.15) is 26.3 Å². The highest BCUT2D eigenvalue weighted by Gasteiger charge is 2.44. The summed E-state index contributed by atoms with van der Waals surface area (Å²) in [5.74, 6) is 0.879. The standard InChI is InChI=1S/C25H18F7N5O3/c1-34-10-8-33-20(34)7-9-36-11-12-37(22(36)38)19-14-15(24(27,28)29)13-18(25(30,31)32)21(19)40-23(39)35(2)17-5-3-16(26)4-6-17/h3-6,8,10,13-14H,11-12H2,1-2H3. The van der Waals surface area contributed by atoms with Crippen LogP contribution in [0.3, 0.4) is 0 Å². The molecule has 0 atom stereocenters. The van der Waals surface area contributed by atoms with Crippen LogP contribution in [0.4, 0.5) is 51.7 Å². The van der Waals surface area contributed by atoms with E-state index in [0.29, 0.717) is 11.0 Å². The third-order valence-electron chi connectivity index (χ3n) is 5.80. The van der Waals surface area contributed by atoms with Crippen LogP contribution in [-0.4, -0.2) is 46.7 Å². The second kappa shape index (κ2) is 10.4. The second-order valence-electron chi connectivity index (χ2n) is 8.46. The maximum absolute atomic E-state index is 14.0. The Labute approximate surface area is 222 Å². The van der Waals surface area contributed by atoms with E-state index in [1.165, 1.54) is 10.8 Å². The molecule has 0 unspecified atom stereocenters. The summed E-state index contributed by atoms with van der Waals surface area (Å²) in [6, 6.07) is 5.76. The van der Waals surface area contributed by atoms with Crippen molar-refractivity contribution in [2.24, 2.45) is 7.05 Å². The molecule has 0 N–H and O–H groups in total. The summed E-state index contributed by atoms with van der Waals surface area (Å²) in [5, 5.41) is 0. The van der Waals surface area contributed by atoms with Crippen LogP contribution in [0, 0.1) is 17.8 Å². The number of aryl methyl sites for hydroxylation is 1. The molecule has 15 heteroatoms. The lowest BCUT2D eigenvalue weighted by Crippen LogP contribution is -2.33. The zero-order valence-corrected chi connectivity index (χ0v) is 20.6. The molecule has 1 aliphatic heterocycles. The van der Waals surface area contributed by atoms with Gasteiger partial charge >= 0.3 is 24.5 Å². The molecule has 0 spiro atoms. The van der Waals surface area contributed by atoms with Crippen LogP contribution in [0.5, 0.6) is 5.75 Å². The Morgan fingerprint density at radius 2 is 1.73 bits per heavy atom. The minimum Gasteiger partial charge on any atom is -0.407 e. The van der Waals surface area contributed by atoms with Crippen molar-refractivity contribution in [3.8, 4) is 17.7 Å². The molecule has 0 radical (unpaired) electrons. The van der Waals surface area contributed by atoms with Crippen LogP contribution < -0.4 is 14.5 Å². The highest BCUT2D eigenvalue weighted by atomic mass is 19.4. The van der Waals surface area contributed by atoms with E-state index in [1.807, 2.05) is 0 Å². The minimum absolute atomic E-state index is 0.0152. The number of urea groups is 1. The lowest BCUT2D eigenvalue weighted by atomic mass is 10.1. The molecule has 2 aromatic carbocycles. The van der Waals surface area contributed by atoms with Gasteiger partial charge in [-0.15, -0.1) is 0 Å². The average molecular weight is 569 g/mol. The zero-order chi connectivity index (χ0) is 29.4. The number of alkyl halides is 6. The van der Waals surface area contributed by atoms with Crippen molar-refractivity contribution in [1.82, 2.24) is 14.5 Å². The molecule has 1 aliphatic rings. The fourth-order valence-corrected chi connectivity index (χ4v) is 3.69. The van der Waals surface area contributed by atoms with Gasteiger partial charge < -0.3 is 9.30 Å². The molecule has 0 aliphatic carbocycles. The van der Waals surface area contributed by atoms with Crippen molar-refractivity contribution in [3.63, 3.8) is 0 Å². The van der Waals surface area contributed by atoms with E-state index in [-0.39, 0.29) is 30.7 Å². The van der Waals surface area contributed by atoms with E-state index in [9.17, 15) is 40.3 Å². The number of hydrogen-bond acceptors (Lipinski definition) is 4. The van der Waals surface area contributed by atoms with Crippen molar-refractivity contribution >= 4 is 23.5 Å². The first-order valence-corrected chi connectivity index (χ1v) is 11.3. The van der Waals surface area contributed by atoms with E-state index in [2.05, 4.69) is 16.9 Å². The molecule has 1 saturated heterocycles. The number of carbonyl (C=O) groups is 2. The smallest absolute Gasteiger partial charge is 0.407 e. The van der Waals surface area contributed by atoms with Crippen LogP contribution in [0.25, 0.3) is 0 Å². The summed E-state index contributed by atoms with van der Waals surface area (Å²) in [6.45, 7) is -0.554. The van der Waals surface area contributed by atoms with E-state index in [4.69, 9.17) is 4.74 Å². The number of carbonyl (C=O) groups excluding carboxylic acids is 2. The quantitative estimate of drug-likeness (QED) is 0.309. The lowest BCUT2D eigenvalue weighted by molar-refractivity contribution is -0.143. The highest BCUT2D eigenvalue weighted by Crippen LogP contribution is 2.47. The Bertz CT molecular complexity index is 1500. The normalized spacial score (nSPS) is 13.8. The Balaban J connectivity index is 1.78. The van der Waals surface area contributed by atoms with E-state index in [0.717, 1.165) is 41.1 Å². The van der Waals surface area contributed by atoms with Gasteiger partial charge in [0.1, 0.15) is 11.4 Å². The highest BCUT2D eigenvalue weighted by molar-refractivity contribution is 5.98. The maximum Gasteiger partial charge on any atom is 0.420 e. The number of halogens is 7. The monoisotopic (exact) mass is 569 g/mol. The van der Waals surface area contributed by atoms with Crippen LogP contribution in [0.1, 0.15) is 17.0 Å². The first kappa shape index (κ1) is 28.3. The lowest BCUT2D eigenvalue weighted by Gasteiger charge is -2.25. The largest absolute Gasteiger partial charge is 0.420 e. The Kier molecular flexibility index (Phi) is 7.38. The SMILES string of the molecule is CN(C(=O)Oc1c(N2CCN(C#Cc3nccn3C)C2=O)cc(C(F)(F)F)cc1C(F)(F)F)c1ccc(F)cc1. The number of imidazole rings is 1. The van der Waals surface area contributed by atoms with Gasteiger partial charge in [-0.3, -0.25) is 14.7 Å². The summed E-state index contributed by atoms with van der Waals surface area (Å²) in [4.78, 5) is 32.1. The number of rotatable bonds is 3. The van der Waals surface area contributed by atoms with Gasteiger partial charge in [0, 0.05) is 44.8 Å². The number of nitrogens with zero attached hydrogens (tertiary/aromatic N) is 5. The molecule has 210 valence electrons. The summed E-state index contributed by atoms with van der Waals surface area (Å²) in [6.07, 6.45) is -9.07. The molecule has 4 rings (SSSR count). The van der Waals surface area contributed by atoms with Crippen molar-refractivity contribution in [1.29, 1.82) is 0 Å². The summed E-state index contributed by atoms with van der Waals surface area (Å²) >= 11 is 0. The Morgan fingerprint density at radius 3 is 2.30 bits per heavy atom. The summed E-state index contributed by atoms with van der Waals surface area (Å²) < 4.78 is 103. The Morgan fingerprint density at radius 1 is 1.05 bits per heavy atom. The summed E-state index contributed by atoms with van der Waals surface area (Å²) in [5.41, 5.74) is -4.56. The number of hydrogen-bond donors (Lipinski definition) is 0. The molecule has 1 fully saturated rings. The van der Waals surface area contributed by atoms with E-state index >= 15 is 0 Å². The van der Waals surface area contributed by atoms with Crippen LogP contribution in [0.15, 0.2) is 48.8 Å². The predicted molar refractivity (Wildman–Crippen MR) is 127 cm³/mol. The van der Waals surface area contributed by atoms with Gasteiger partial charge in [0.05, 0.1) is 17.8 Å². The maximum atomic E-state index is 14.0. The fourth-order valence-electron chi connectivity index (χ4n) is 3.69. The molecule has 0 bridgehead atoms. The molecule has 1 aromatic heterocycles. The number of anilines is 2. The van der Waals surface area contributed by atoms with Gasteiger partial charge in [-0.05, 0) is 42.3 Å². The molecule has 3 aromatic rings. The number of aromatic nitrogens is 2. The van der Waals surface area contributed by atoms with Gasteiger partial charge in [-0.25, -0.2) is 19.0 Å². The first-order valence-electron chi connectivity index (χ1n) is 11.3. The number of ether oxygens (including phenoxy) is 1. The summed E-state index contributed by atoms with van der Waals surface area (Å²) in [7, 11) is 2.72. The van der Waals surface area contributed by atoms with Crippen molar-refractivity contribution in [2.45, 2.75) is 12.4 Å². The molecule has 8 nitrogen and oxygen atoms in total. The van der Waals surface area contributed by atoms with Gasteiger partial charge in [0.2, 0.25) is 0 Å². The van der Waals surface area contributed by atoms with Gasteiger partial charge in [-0.1, -0.05) is 0 Å². The van der Waals surface area contributed by atoms with Gasteiger partial charge in [0.15, 0.2) is 11.6 Å². The van der Waals surface area contributed by atoms with Gasteiger partial charge in [0.25, 0.3) is 0 Å². The minimum atomic E-state index is -5.42. The molecule has 2 heterocycles. The average Bonchev–Trinajstić information content (AvgIpc) is 3.45. The number of benzene rings is 2. The van der Waals surface area contributed by atoms with E-state index in [1.54, 1.807) is 13.2 Å². The molecule has 0 saturated carbocycles. The molecular formula is C25H18F7N5O3. The van der Waals surface area contributed by atoms with Crippen LogP contribution >= 0.6 is 0 Å². The van der Waals surface area contributed by atoms with Crippen molar-refractivity contribution < 1.29 is 45.1 Å². The zero-order valence-electron chi connectivity index (χ0n) is 20.6. The second-order valence-corrected chi connectivity index (χ2v) is 8.46. The Hall–Kier alpha value is -4.74. The first-order chi connectivity index (χ1) is 18.7. The van der Waals surface area contributed by atoms with Crippen molar-refractivity contribution in [3.05, 3.63) is 71.6 Å². The third kappa shape index (κ3) is 5.80. The topological polar surface area (TPSA) is 70.9 Å². The fraction of sp³-hybridized carbons (Fsp3) is 0.240. The third-order valence-corrected chi connectivity index (χ3v) is 5.80. The molecule has 3 amide bonds.